The molecule has 1 saturated carbocycles. The minimum Gasteiger partial charge on any atom is -0.481 e. The molecule has 1 amide bonds. The summed E-state index contributed by atoms with van der Waals surface area (Å²) in [6, 6.07) is 5.17. The summed E-state index contributed by atoms with van der Waals surface area (Å²) in [7, 11) is 1.53. The van der Waals surface area contributed by atoms with E-state index in [4.69, 9.17) is 9.47 Å². The van der Waals surface area contributed by atoms with E-state index in [1.165, 1.54) is 7.11 Å². The van der Waals surface area contributed by atoms with Gasteiger partial charge in [0.05, 0.1) is 24.2 Å². The first kappa shape index (κ1) is 22.2. The van der Waals surface area contributed by atoms with Gasteiger partial charge in [-0.1, -0.05) is 0 Å². The number of amides is 1. The van der Waals surface area contributed by atoms with Crippen molar-refractivity contribution in [1.29, 1.82) is 0 Å². The fourth-order valence-electron chi connectivity index (χ4n) is 3.90. The Kier molecular flexibility index (Phi) is 6.77. The third-order valence-corrected chi connectivity index (χ3v) is 5.42. The zero-order valence-corrected chi connectivity index (χ0v) is 18.0. The van der Waals surface area contributed by atoms with Crippen molar-refractivity contribution in [1.82, 2.24) is 15.3 Å². The first-order valence-electron chi connectivity index (χ1n) is 10.3. The summed E-state index contributed by atoms with van der Waals surface area (Å²) in [5.41, 5.74) is 1.14. The van der Waals surface area contributed by atoms with E-state index in [0.29, 0.717) is 35.3 Å². The number of fused-ring (bicyclic) bond motifs is 1. The summed E-state index contributed by atoms with van der Waals surface area (Å²) >= 11 is 0. The maximum absolute atomic E-state index is 12.0. The van der Waals surface area contributed by atoms with Crippen LogP contribution in [0.15, 0.2) is 24.4 Å². The average Bonchev–Trinajstić information content (AvgIpc) is 2.71. The minimum absolute atomic E-state index is 0.00752. The van der Waals surface area contributed by atoms with Crippen LogP contribution in [0.2, 0.25) is 0 Å². The van der Waals surface area contributed by atoms with Crippen molar-refractivity contribution in [3.05, 3.63) is 30.0 Å². The molecule has 2 heterocycles. The topological polar surface area (TPSA) is 114 Å². The quantitative estimate of drug-likeness (QED) is 0.685. The van der Waals surface area contributed by atoms with Crippen LogP contribution in [0.25, 0.3) is 11.0 Å². The molecule has 2 atom stereocenters. The lowest BCUT2D eigenvalue weighted by Gasteiger charge is -2.34. The van der Waals surface area contributed by atoms with Gasteiger partial charge in [0.25, 0.3) is 0 Å². The molecule has 8 heteroatoms. The molecule has 1 aliphatic rings. The fraction of sp³-hybridized carbons (Fsp3) is 0.591. The van der Waals surface area contributed by atoms with Crippen LogP contribution in [0.1, 0.15) is 58.1 Å². The van der Waals surface area contributed by atoms with Gasteiger partial charge in [0.15, 0.2) is 0 Å². The van der Waals surface area contributed by atoms with E-state index < -0.39 is 23.9 Å². The number of ether oxygens (including phenoxy) is 2. The summed E-state index contributed by atoms with van der Waals surface area (Å²) in [6.07, 6.45) is 1.98. The van der Waals surface area contributed by atoms with Gasteiger partial charge < -0.3 is 25.0 Å². The standard InChI is InChI=1S/C22H31N3O5/c1-22(2,3)30-21(28)24-14-7-5-13(6-8-14)19(26)20(27)15-11-12-23-16-9-10-17(29-4)25-18(15)16/h9-14,19-20,26-27H,5-8H2,1-4H3,(H,24,28)/t13?,14?,19-,20-/m0/s1. The monoisotopic (exact) mass is 417 g/mol. The van der Waals surface area contributed by atoms with Crippen molar-refractivity contribution in [3.63, 3.8) is 0 Å². The van der Waals surface area contributed by atoms with Gasteiger partial charge in [0, 0.05) is 23.9 Å². The molecular weight excluding hydrogens is 386 g/mol. The zero-order chi connectivity index (χ0) is 21.9. The largest absolute Gasteiger partial charge is 0.481 e. The molecule has 8 nitrogen and oxygen atoms in total. The minimum atomic E-state index is -1.09. The van der Waals surface area contributed by atoms with Gasteiger partial charge in [-0.15, -0.1) is 0 Å². The van der Waals surface area contributed by atoms with Gasteiger partial charge in [-0.25, -0.2) is 9.78 Å². The number of pyridine rings is 2. The highest BCUT2D eigenvalue weighted by molar-refractivity contribution is 5.78. The van der Waals surface area contributed by atoms with E-state index >= 15 is 0 Å². The fourth-order valence-corrected chi connectivity index (χ4v) is 3.90. The van der Waals surface area contributed by atoms with Gasteiger partial charge in [-0.3, -0.25) is 4.98 Å². The summed E-state index contributed by atoms with van der Waals surface area (Å²) in [4.78, 5) is 20.6. The van der Waals surface area contributed by atoms with E-state index in [2.05, 4.69) is 15.3 Å². The van der Waals surface area contributed by atoms with Gasteiger partial charge in [-0.05, 0) is 64.5 Å². The van der Waals surface area contributed by atoms with E-state index in [9.17, 15) is 15.0 Å². The van der Waals surface area contributed by atoms with Crippen molar-refractivity contribution in [2.24, 2.45) is 5.92 Å². The number of aliphatic hydroxyl groups excluding tert-OH is 2. The number of nitrogens with one attached hydrogen (secondary N) is 1. The van der Waals surface area contributed by atoms with Crippen molar-refractivity contribution >= 4 is 17.1 Å². The molecule has 0 aromatic carbocycles. The first-order valence-corrected chi connectivity index (χ1v) is 10.3. The molecule has 0 unspecified atom stereocenters. The summed E-state index contributed by atoms with van der Waals surface area (Å²) in [5.74, 6) is 0.345. The van der Waals surface area contributed by atoms with E-state index in [1.54, 1.807) is 24.4 Å². The molecule has 1 fully saturated rings. The van der Waals surface area contributed by atoms with Crippen LogP contribution < -0.4 is 10.1 Å². The molecule has 0 bridgehead atoms. The van der Waals surface area contributed by atoms with Crippen molar-refractivity contribution in [2.45, 2.75) is 70.3 Å². The van der Waals surface area contributed by atoms with Crippen molar-refractivity contribution in [3.8, 4) is 5.88 Å². The second-order valence-electron chi connectivity index (χ2n) is 8.81. The molecule has 0 radical (unpaired) electrons. The van der Waals surface area contributed by atoms with Gasteiger partial charge in [0.2, 0.25) is 5.88 Å². The lowest BCUT2D eigenvalue weighted by atomic mass is 9.80. The van der Waals surface area contributed by atoms with Crippen LogP contribution >= 0.6 is 0 Å². The molecule has 3 N–H and O–H groups in total. The second-order valence-corrected chi connectivity index (χ2v) is 8.81. The zero-order valence-electron chi connectivity index (χ0n) is 18.0. The Hall–Kier alpha value is -2.45. The van der Waals surface area contributed by atoms with Gasteiger partial charge in [0.1, 0.15) is 11.7 Å². The number of hydrogen-bond donors (Lipinski definition) is 3. The summed E-state index contributed by atoms with van der Waals surface area (Å²) in [5, 5.41) is 24.7. The molecule has 0 aliphatic heterocycles. The SMILES string of the molecule is COc1ccc2nccc([C@H](O)[C@@H](O)C3CCC(NC(=O)OC(C)(C)C)CC3)c2n1. The predicted molar refractivity (Wildman–Crippen MR) is 112 cm³/mol. The summed E-state index contributed by atoms with van der Waals surface area (Å²) in [6.45, 7) is 5.48. The Morgan fingerprint density at radius 1 is 1.17 bits per heavy atom. The van der Waals surface area contributed by atoms with Crippen LogP contribution in [-0.4, -0.2) is 51.1 Å². The third-order valence-electron chi connectivity index (χ3n) is 5.42. The van der Waals surface area contributed by atoms with Crippen LogP contribution in [0.3, 0.4) is 0 Å². The van der Waals surface area contributed by atoms with Crippen LogP contribution in [-0.2, 0) is 4.74 Å². The highest BCUT2D eigenvalue weighted by atomic mass is 16.6. The molecule has 2 aromatic heterocycles. The Bertz CT molecular complexity index is 875. The summed E-state index contributed by atoms with van der Waals surface area (Å²) < 4.78 is 10.5. The predicted octanol–water partition coefficient (Wildman–Crippen LogP) is 3.12. The molecule has 3 rings (SSSR count). The second kappa shape index (κ2) is 9.14. The molecule has 0 spiro atoms. The highest BCUT2D eigenvalue weighted by Gasteiger charge is 2.33. The normalized spacial score (nSPS) is 21.7. The maximum Gasteiger partial charge on any atom is 0.407 e. The average molecular weight is 418 g/mol. The van der Waals surface area contributed by atoms with Crippen LogP contribution in [0.5, 0.6) is 5.88 Å². The molecule has 0 saturated heterocycles. The number of carbonyl (C=O) groups is 1. The Morgan fingerprint density at radius 3 is 2.50 bits per heavy atom. The smallest absolute Gasteiger partial charge is 0.407 e. The third kappa shape index (κ3) is 5.37. The number of aromatic nitrogens is 2. The molecular formula is C22H31N3O5. The van der Waals surface area contributed by atoms with Gasteiger partial charge >= 0.3 is 6.09 Å². The molecule has 164 valence electrons. The van der Waals surface area contributed by atoms with Gasteiger partial charge in [-0.2, -0.15) is 0 Å². The Morgan fingerprint density at radius 2 is 1.87 bits per heavy atom. The van der Waals surface area contributed by atoms with Crippen LogP contribution in [0, 0.1) is 5.92 Å². The lowest BCUT2D eigenvalue weighted by molar-refractivity contribution is -0.0304. The lowest BCUT2D eigenvalue weighted by Crippen LogP contribution is -2.42. The van der Waals surface area contributed by atoms with E-state index in [1.807, 2.05) is 20.8 Å². The number of hydrogen-bond acceptors (Lipinski definition) is 7. The van der Waals surface area contributed by atoms with E-state index in [0.717, 1.165) is 12.8 Å². The molecule has 2 aromatic rings. The number of alkyl carbamates (subject to hydrolysis) is 1. The van der Waals surface area contributed by atoms with E-state index in [-0.39, 0.29) is 12.0 Å². The van der Waals surface area contributed by atoms with Crippen molar-refractivity contribution in [2.75, 3.05) is 7.11 Å². The Balaban J connectivity index is 1.63. The number of methoxy groups -OCH3 is 1. The number of rotatable bonds is 5. The van der Waals surface area contributed by atoms with Crippen LogP contribution in [0.4, 0.5) is 4.79 Å². The molecule has 30 heavy (non-hydrogen) atoms. The first-order chi connectivity index (χ1) is 14.2. The maximum atomic E-state index is 12.0. The number of nitrogens with zero attached hydrogens (tertiary/aromatic N) is 2. The number of aliphatic hydroxyl groups is 2. The Labute approximate surface area is 176 Å². The van der Waals surface area contributed by atoms with Crippen molar-refractivity contribution < 1.29 is 24.5 Å². The molecule has 1 aliphatic carbocycles. The highest BCUT2D eigenvalue weighted by Crippen LogP contribution is 2.34. The number of carbonyl (C=O) groups excluding carboxylic acids is 1.